The van der Waals surface area contributed by atoms with Crippen LogP contribution in [0, 0.1) is 10.1 Å². The highest BCUT2D eigenvalue weighted by Gasteiger charge is 2.24. The Labute approximate surface area is 101 Å². The van der Waals surface area contributed by atoms with Crippen LogP contribution in [0.4, 0.5) is 0 Å². The van der Waals surface area contributed by atoms with Crippen LogP contribution in [-0.2, 0) is 4.79 Å². The Hall–Kier alpha value is -1.71. The number of nitrogens with zero attached hydrogens (tertiary/aromatic N) is 1. The molecule has 0 heterocycles. The lowest BCUT2D eigenvalue weighted by molar-refractivity contribution is -0.481. The standard InChI is InChI=1S/C13H17NO3/c1-2-3-9-13(15)12(10-14(16)17)11-7-5-4-6-8-11/h4-8,12H,2-3,9-10H2,1H3. The van der Waals surface area contributed by atoms with Crippen LogP contribution in [0.15, 0.2) is 30.3 Å². The van der Waals surface area contributed by atoms with E-state index >= 15 is 0 Å². The summed E-state index contributed by atoms with van der Waals surface area (Å²) in [6.45, 7) is 1.69. The number of benzene rings is 1. The number of carbonyl (C=O) groups is 1. The summed E-state index contributed by atoms with van der Waals surface area (Å²) in [7, 11) is 0. The summed E-state index contributed by atoms with van der Waals surface area (Å²) in [6, 6.07) is 8.99. The summed E-state index contributed by atoms with van der Waals surface area (Å²) in [5.74, 6) is -0.632. The lowest BCUT2D eigenvalue weighted by Crippen LogP contribution is -2.21. The van der Waals surface area contributed by atoms with Gasteiger partial charge in [-0.15, -0.1) is 0 Å². The third kappa shape index (κ3) is 4.34. The van der Waals surface area contributed by atoms with E-state index in [4.69, 9.17) is 0 Å². The molecule has 0 N–H and O–H groups in total. The summed E-state index contributed by atoms with van der Waals surface area (Å²) < 4.78 is 0. The van der Waals surface area contributed by atoms with Gasteiger partial charge in [0.05, 0.1) is 0 Å². The molecule has 0 spiro atoms. The van der Waals surface area contributed by atoms with Gasteiger partial charge in [0.25, 0.3) is 0 Å². The Balaban J connectivity index is 2.80. The number of hydrogen-bond donors (Lipinski definition) is 0. The summed E-state index contributed by atoms with van der Waals surface area (Å²) in [4.78, 5) is 22.1. The first-order valence-electron chi connectivity index (χ1n) is 5.84. The van der Waals surface area contributed by atoms with Crippen molar-refractivity contribution in [3.05, 3.63) is 46.0 Å². The van der Waals surface area contributed by atoms with Crippen LogP contribution in [0.25, 0.3) is 0 Å². The average molecular weight is 235 g/mol. The molecule has 92 valence electrons. The molecule has 0 radical (unpaired) electrons. The summed E-state index contributed by atoms with van der Waals surface area (Å²) in [5.41, 5.74) is 0.741. The third-order valence-corrected chi connectivity index (χ3v) is 2.70. The van der Waals surface area contributed by atoms with Gasteiger partial charge in [0.15, 0.2) is 0 Å². The van der Waals surface area contributed by atoms with Crippen LogP contribution in [0.1, 0.15) is 37.7 Å². The predicted molar refractivity (Wildman–Crippen MR) is 65.6 cm³/mol. The van der Waals surface area contributed by atoms with Gasteiger partial charge in [-0.3, -0.25) is 14.9 Å². The van der Waals surface area contributed by atoms with E-state index in [2.05, 4.69) is 0 Å². The number of hydrogen-bond acceptors (Lipinski definition) is 3. The highest BCUT2D eigenvalue weighted by Crippen LogP contribution is 2.19. The smallest absolute Gasteiger partial charge is 0.217 e. The molecule has 1 atom stereocenters. The van der Waals surface area contributed by atoms with Gasteiger partial charge in [-0.05, 0) is 12.0 Å². The first-order valence-corrected chi connectivity index (χ1v) is 5.84. The van der Waals surface area contributed by atoms with Gasteiger partial charge in [-0.1, -0.05) is 43.7 Å². The lowest BCUT2D eigenvalue weighted by Gasteiger charge is -2.11. The summed E-state index contributed by atoms with van der Waals surface area (Å²) in [6.07, 6.45) is 2.13. The van der Waals surface area contributed by atoms with Crippen LogP contribution < -0.4 is 0 Å². The van der Waals surface area contributed by atoms with E-state index < -0.39 is 10.8 Å². The number of ketones is 1. The third-order valence-electron chi connectivity index (χ3n) is 2.70. The van der Waals surface area contributed by atoms with Crippen molar-refractivity contribution in [2.24, 2.45) is 0 Å². The maximum Gasteiger partial charge on any atom is 0.217 e. The zero-order chi connectivity index (χ0) is 12.7. The lowest BCUT2D eigenvalue weighted by atomic mass is 9.92. The molecule has 0 aliphatic heterocycles. The fourth-order valence-electron chi connectivity index (χ4n) is 1.75. The highest BCUT2D eigenvalue weighted by molar-refractivity contribution is 5.85. The Kier molecular flexibility index (Phi) is 5.33. The van der Waals surface area contributed by atoms with Crippen LogP contribution >= 0.6 is 0 Å². The molecule has 0 bridgehead atoms. The van der Waals surface area contributed by atoms with Gasteiger partial charge in [0.2, 0.25) is 6.54 Å². The fourth-order valence-corrected chi connectivity index (χ4v) is 1.75. The molecular formula is C13H17NO3. The molecule has 0 saturated heterocycles. The molecule has 0 aliphatic rings. The maximum atomic E-state index is 11.9. The van der Waals surface area contributed by atoms with Crippen LogP contribution in [-0.4, -0.2) is 17.3 Å². The monoisotopic (exact) mass is 235 g/mol. The molecule has 1 aromatic carbocycles. The van der Waals surface area contributed by atoms with Crippen LogP contribution in [0.3, 0.4) is 0 Å². The topological polar surface area (TPSA) is 60.2 Å². The van der Waals surface area contributed by atoms with Gasteiger partial charge in [-0.2, -0.15) is 0 Å². The van der Waals surface area contributed by atoms with Crippen molar-refractivity contribution in [3.63, 3.8) is 0 Å². The van der Waals surface area contributed by atoms with Gasteiger partial charge in [-0.25, -0.2) is 0 Å². The Morgan fingerprint density at radius 2 is 2.00 bits per heavy atom. The number of nitro groups is 1. The Morgan fingerprint density at radius 1 is 1.35 bits per heavy atom. The van der Waals surface area contributed by atoms with E-state index in [1.54, 1.807) is 24.3 Å². The van der Waals surface area contributed by atoms with Gasteiger partial charge in [0.1, 0.15) is 11.7 Å². The molecule has 1 aromatic rings. The van der Waals surface area contributed by atoms with Crippen molar-refractivity contribution in [2.75, 3.05) is 6.54 Å². The van der Waals surface area contributed by atoms with E-state index in [-0.39, 0.29) is 12.3 Å². The number of carbonyl (C=O) groups excluding carboxylic acids is 1. The Bertz CT molecular complexity index is 376. The van der Waals surface area contributed by atoms with E-state index in [1.807, 2.05) is 13.0 Å². The normalized spacial score (nSPS) is 12.1. The second-order valence-corrected chi connectivity index (χ2v) is 4.05. The van der Waals surface area contributed by atoms with E-state index in [9.17, 15) is 14.9 Å². The second kappa shape index (κ2) is 6.78. The minimum Gasteiger partial charge on any atom is -0.299 e. The van der Waals surface area contributed by atoms with Gasteiger partial charge in [0, 0.05) is 11.3 Å². The van der Waals surface area contributed by atoms with Crippen LogP contribution in [0.5, 0.6) is 0 Å². The SMILES string of the molecule is CCCCC(=O)C(C[N+](=O)[O-])c1ccccc1. The molecule has 1 rings (SSSR count). The summed E-state index contributed by atoms with van der Waals surface area (Å²) in [5, 5.41) is 10.6. The Morgan fingerprint density at radius 3 is 2.53 bits per heavy atom. The molecule has 4 nitrogen and oxygen atoms in total. The van der Waals surface area contributed by atoms with E-state index in [1.165, 1.54) is 0 Å². The highest BCUT2D eigenvalue weighted by atomic mass is 16.6. The molecule has 0 amide bonds. The molecule has 1 unspecified atom stereocenters. The van der Waals surface area contributed by atoms with Crippen molar-refractivity contribution >= 4 is 5.78 Å². The summed E-state index contributed by atoms with van der Waals surface area (Å²) >= 11 is 0. The number of rotatable bonds is 7. The van der Waals surface area contributed by atoms with Crippen molar-refractivity contribution in [1.82, 2.24) is 0 Å². The largest absolute Gasteiger partial charge is 0.299 e. The predicted octanol–water partition coefficient (Wildman–Crippen LogP) is 2.81. The zero-order valence-electron chi connectivity index (χ0n) is 9.96. The number of unbranched alkanes of at least 4 members (excludes halogenated alkanes) is 1. The van der Waals surface area contributed by atoms with E-state index in [0.717, 1.165) is 18.4 Å². The molecule has 0 saturated carbocycles. The molecule has 0 aromatic heterocycles. The minimum absolute atomic E-state index is 0.0326. The second-order valence-electron chi connectivity index (χ2n) is 4.05. The van der Waals surface area contributed by atoms with Crippen molar-refractivity contribution in [1.29, 1.82) is 0 Å². The minimum atomic E-state index is -0.599. The maximum absolute atomic E-state index is 11.9. The molecule has 17 heavy (non-hydrogen) atoms. The first-order chi connectivity index (χ1) is 8.15. The van der Waals surface area contributed by atoms with Crippen molar-refractivity contribution in [3.8, 4) is 0 Å². The molecule has 0 fully saturated rings. The number of Topliss-reactive ketones (excluding diaryl/α,β-unsaturated/α-hetero) is 1. The van der Waals surface area contributed by atoms with Crippen molar-refractivity contribution < 1.29 is 9.72 Å². The average Bonchev–Trinajstić information content (AvgIpc) is 2.34. The van der Waals surface area contributed by atoms with Crippen LogP contribution in [0.2, 0.25) is 0 Å². The molecular weight excluding hydrogens is 218 g/mol. The zero-order valence-corrected chi connectivity index (χ0v) is 9.96. The van der Waals surface area contributed by atoms with Crippen molar-refractivity contribution in [2.45, 2.75) is 32.1 Å². The van der Waals surface area contributed by atoms with E-state index in [0.29, 0.717) is 6.42 Å². The van der Waals surface area contributed by atoms with Gasteiger partial charge < -0.3 is 0 Å². The molecule has 4 heteroatoms. The quantitative estimate of drug-likeness (QED) is 0.539. The van der Waals surface area contributed by atoms with Gasteiger partial charge >= 0.3 is 0 Å². The molecule has 0 aliphatic carbocycles. The first kappa shape index (κ1) is 13.4. The fraction of sp³-hybridized carbons (Fsp3) is 0.462.